The lowest BCUT2D eigenvalue weighted by molar-refractivity contribution is 0.0445. The molecule has 122 valence electrons. The highest BCUT2D eigenvalue weighted by Crippen LogP contribution is 2.37. The van der Waals surface area contributed by atoms with E-state index in [4.69, 9.17) is 4.74 Å². The summed E-state index contributed by atoms with van der Waals surface area (Å²) in [5, 5.41) is 3.83. The van der Waals surface area contributed by atoms with Gasteiger partial charge in [0.05, 0.1) is 6.10 Å². The van der Waals surface area contributed by atoms with Crippen LogP contribution in [0.4, 0.5) is 0 Å². The van der Waals surface area contributed by atoms with E-state index in [0.717, 1.165) is 19.2 Å². The molecule has 3 rings (SSSR count). The highest BCUT2D eigenvalue weighted by Gasteiger charge is 2.36. The molecular weight excluding hydrogens is 260 g/mol. The third-order valence-corrected chi connectivity index (χ3v) is 5.75. The van der Waals surface area contributed by atoms with E-state index in [-0.39, 0.29) is 0 Å². The normalized spacial score (nSPS) is 29.1. The Kier molecular flexibility index (Phi) is 5.58. The van der Waals surface area contributed by atoms with Gasteiger partial charge in [-0.3, -0.25) is 0 Å². The van der Waals surface area contributed by atoms with Crippen molar-refractivity contribution in [2.75, 3.05) is 32.8 Å². The van der Waals surface area contributed by atoms with Crippen molar-refractivity contribution in [1.29, 1.82) is 0 Å². The average molecular weight is 294 g/mol. The molecular formula is C18H34N2O. The van der Waals surface area contributed by atoms with E-state index >= 15 is 0 Å². The monoisotopic (exact) mass is 294 g/mol. The fraction of sp³-hybridized carbons (Fsp3) is 1.00. The SMILES string of the molecule is CCN(CC1CCCO1)CC1(CNC2CC2)CCCCC1. The molecule has 0 aromatic heterocycles. The first-order chi connectivity index (χ1) is 10.3. The van der Waals surface area contributed by atoms with E-state index in [2.05, 4.69) is 17.1 Å². The number of nitrogens with zero attached hydrogens (tertiary/aromatic N) is 1. The molecule has 0 spiro atoms. The summed E-state index contributed by atoms with van der Waals surface area (Å²) in [6, 6.07) is 0.844. The van der Waals surface area contributed by atoms with Gasteiger partial charge in [-0.1, -0.05) is 26.2 Å². The Morgan fingerprint density at radius 2 is 1.90 bits per heavy atom. The maximum atomic E-state index is 5.86. The number of rotatable bonds is 8. The van der Waals surface area contributed by atoms with Crippen molar-refractivity contribution in [1.82, 2.24) is 10.2 Å². The zero-order valence-electron chi connectivity index (χ0n) is 13.9. The van der Waals surface area contributed by atoms with Gasteiger partial charge < -0.3 is 15.0 Å². The first-order valence-electron chi connectivity index (χ1n) is 9.37. The molecule has 0 radical (unpaired) electrons. The van der Waals surface area contributed by atoms with Crippen LogP contribution >= 0.6 is 0 Å². The molecule has 3 nitrogen and oxygen atoms in total. The molecule has 0 amide bonds. The predicted octanol–water partition coefficient (Wildman–Crippen LogP) is 3.19. The molecule has 1 atom stereocenters. The summed E-state index contributed by atoms with van der Waals surface area (Å²) in [5.41, 5.74) is 0.537. The quantitative estimate of drug-likeness (QED) is 0.744. The van der Waals surface area contributed by atoms with Gasteiger partial charge in [0.2, 0.25) is 0 Å². The number of nitrogens with one attached hydrogen (secondary N) is 1. The minimum atomic E-state index is 0.502. The second-order valence-electron chi connectivity index (χ2n) is 7.68. The molecule has 2 saturated carbocycles. The number of hydrogen-bond acceptors (Lipinski definition) is 3. The van der Waals surface area contributed by atoms with Crippen LogP contribution in [-0.2, 0) is 4.74 Å². The highest BCUT2D eigenvalue weighted by molar-refractivity contribution is 4.91. The van der Waals surface area contributed by atoms with E-state index in [1.54, 1.807) is 0 Å². The Hall–Kier alpha value is -0.120. The zero-order chi connectivity index (χ0) is 14.5. The summed E-state index contributed by atoms with van der Waals surface area (Å²) in [5.74, 6) is 0. The van der Waals surface area contributed by atoms with E-state index in [1.807, 2.05) is 0 Å². The molecule has 1 unspecified atom stereocenters. The maximum absolute atomic E-state index is 5.86. The summed E-state index contributed by atoms with van der Waals surface area (Å²) in [6.45, 7) is 8.16. The van der Waals surface area contributed by atoms with E-state index < -0.39 is 0 Å². The van der Waals surface area contributed by atoms with Gasteiger partial charge in [0.25, 0.3) is 0 Å². The van der Waals surface area contributed by atoms with Crippen LogP contribution < -0.4 is 5.32 Å². The largest absolute Gasteiger partial charge is 0.377 e. The lowest BCUT2D eigenvalue weighted by Crippen LogP contribution is -2.47. The van der Waals surface area contributed by atoms with Gasteiger partial charge in [-0.2, -0.15) is 0 Å². The molecule has 3 heteroatoms. The molecule has 3 aliphatic rings. The van der Waals surface area contributed by atoms with Gasteiger partial charge in [0, 0.05) is 32.3 Å². The molecule has 1 heterocycles. The molecule has 0 aromatic carbocycles. The predicted molar refractivity (Wildman–Crippen MR) is 87.6 cm³/mol. The van der Waals surface area contributed by atoms with Crippen LogP contribution in [0.2, 0.25) is 0 Å². The number of likely N-dealkylation sites (N-methyl/N-ethyl adjacent to an activating group) is 1. The smallest absolute Gasteiger partial charge is 0.0702 e. The van der Waals surface area contributed by atoms with Crippen LogP contribution in [0.25, 0.3) is 0 Å². The lowest BCUT2D eigenvalue weighted by Gasteiger charge is -2.42. The second kappa shape index (κ2) is 7.43. The van der Waals surface area contributed by atoms with Crippen LogP contribution in [0.5, 0.6) is 0 Å². The van der Waals surface area contributed by atoms with Crippen molar-refractivity contribution in [3.05, 3.63) is 0 Å². The topological polar surface area (TPSA) is 24.5 Å². The van der Waals surface area contributed by atoms with Crippen molar-refractivity contribution in [3.8, 4) is 0 Å². The Labute approximate surface area is 130 Å². The fourth-order valence-electron chi connectivity index (χ4n) is 4.20. The number of hydrogen-bond donors (Lipinski definition) is 1. The standard InChI is InChI=1S/C18H34N2O/c1-2-20(13-17-7-6-12-21-17)15-18(10-4-3-5-11-18)14-19-16-8-9-16/h16-17,19H,2-15H2,1H3. The van der Waals surface area contributed by atoms with Crippen molar-refractivity contribution < 1.29 is 4.74 Å². The van der Waals surface area contributed by atoms with Gasteiger partial charge in [-0.25, -0.2) is 0 Å². The summed E-state index contributed by atoms with van der Waals surface area (Å²) >= 11 is 0. The first-order valence-corrected chi connectivity index (χ1v) is 9.37. The lowest BCUT2D eigenvalue weighted by atomic mass is 9.73. The Bertz CT molecular complexity index is 304. The van der Waals surface area contributed by atoms with E-state index in [9.17, 15) is 0 Å². The minimum absolute atomic E-state index is 0.502. The van der Waals surface area contributed by atoms with Crippen molar-refractivity contribution >= 4 is 0 Å². The molecule has 1 N–H and O–H groups in total. The van der Waals surface area contributed by atoms with Crippen LogP contribution in [0.15, 0.2) is 0 Å². The molecule has 1 aliphatic heterocycles. The van der Waals surface area contributed by atoms with Crippen molar-refractivity contribution in [2.45, 2.75) is 76.9 Å². The van der Waals surface area contributed by atoms with Crippen LogP contribution in [-0.4, -0.2) is 49.8 Å². The van der Waals surface area contributed by atoms with Gasteiger partial charge >= 0.3 is 0 Å². The van der Waals surface area contributed by atoms with E-state index in [1.165, 1.54) is 77.4 Å². The summed E-state index contributed by atoms with van der Waals surface area (Å²) < 4.78 is 5.86. The van der Waals surface area contributed by atoms with Gasteiger partial charge in [-0.15, -0.1) is 0 Å². The van der Waals surface area contributed by atoms with Gasteiger partial charge in [-0.05, 0) is 50.5 Å². The average Bonchev–Trinajstić information content (AvgIpc) is 3.21. The minimum Gasteiger partial charge on any atom is -0.377 e. The van der Waals surface area contributed by atoms with Crippen molar-refractivity contribution in [2.24, 2.45) is 5.41 Å². The summed E-state index contributed by atoms with van der Waals surface area (Å²) in [7, 11) is 0. The molecule has 3 fully saturated rings. The second-order valence-corrected chi connectivity index (χ2v) is 7.68. The molecule has 21 heavy (non-hydrogen) atoms. The highest BCUT2D eigenvalue weighted by atomic mass is 16.5. The molecule has 0 aromatic rings. The van der Waals surface area contributed by atoms with E-state index in [0.29, 0.717) is 11.5 Å². The number of ether oxygens (including phenoxy) is 1. The van der Waals surface area contributed by atoms with Crippen LogP contribution in [0.3, 0.4) is 0 Å². The van der Waals surface area contributed by atoms with Gasteiger partial charge in [0.1, 0.15) is 0 Å². The Morgan fingerprint density at radius 1 is 1.10 bits per heavy atom. The summed E-state index contributed by atoms with van der Waals surface area (Å²) in [6.07, 6.45) is 13.0. The Morgan fingerprint density at radius 3 is 2.52 bits per heavy atom. The molecule has 1 saturated heterocycles. The third kappa shape index (κ3) is 4.67. The maximum Gasteiger partial charge on any atom is 0.0702 e. The third-order valence-electron chi connectivity index (χ3n) is 5.75. The van der Waals surface area contributed by atoms with Crippen molar-refractivity contribution in [3.63, 3.8) is 0 Å². The molecule has 2 aliphatic carbocycles. The zero-order valence-corrected chi connectivity index (χ0v) is 13.9. The summed E-state index contributed by atoms with van der Waals surface area (Å²) in [4.78, 5) is 2.68. The molecule has 0 bridgehead atoms. The van der Waals surface area contributed by atoms with Crippen LogP contribution in [0.1, 0.15) is 64.7 Å². The Balaban J connectivity index is 1.54. The van der Waals surface area contributed by atoms with Gasteiger partial charge in [0.15, 0.2) is 0 Å². The fourth-order valence-corrected chi connectivity index (χ4v) is 4.20. The van der Waals surface area contributed by atoms with Crippen LogP contribution in [0, 0.1) is 5.41 Å². The first kappa shape index (κ1) is 15.8.